The molecule has 2 aromatic heterocycles. The van der Waals surface area contributed by atoms with Crippen molar-refractivity contribution in [1.82, 2.24) is 9.55 Å². The molecule has 2 nitrogen and oxygen atoms in total. The van der Waals surface area contributed by atoms with Gasteiger partial charge in [-0.05, 0) is 57.6 Å². The topological polar surface area (TPSA) is 17.8 Å². The number of pyridine rings is 1. The highest BCUT2D eigenvalue weighted by atomic mass is 15.0. The summed E-state index contributed by atoms with van der Waals surface area (Å²) in [7, 11) is 0. The molecule has 0 amide bonds. The summed E-state index contributed by atoms with van der Waals surface area (Å²) in [6.07, 6.45) is 1.91. The van der Waals surface area contributed by atoms with Gasteiger partial charge in [-0.15, -0.1) is 0 Å². The number of benzene rings is 6. The highest BCUT2D eigenvalue weighted by Crippen LogP contribution is 2.51. The maximum absolute atomic E-state index is 4.94. The molecule has 0 atom stereocenters. The third kappa shape index (κ3) is 3.10. The van der Waals surface area contributed by atoms with Gasteiger partial charge in [0.1, 0.15) is 0 Å². The normalized spacial score (nSPS) is 11.9. The molecule has 6 aromatic carbocycles. The second kappa shape index (κ2) is 8.51. The van der Waals surface area contributed by atoms with Gasteiger partial charge >= 0.3 is 0 Å². The van der Waals surface area contributed by atoms with Gasteiger partial charge < -0.3 is 4.57 Å². The number of nitrogens with zero attached hydrogens (tertiary/aromatic N) is 2. The number of para-hydroxylation sites is 2. The van der Waals surface area contributed by atoms with Crippen LogP contribution in [0.3, 0.4) is 0 Å². The fourth-order valence-electron chi connectivity index (χ4n) is 6.93. The van der Waals surface area contributed by atoms with E-state index in [4.69, 9.17) is 4.98 Å². The van der Waals surface area contributed by atoms with Crippen molar-refractivity contribution < 1.29 is 0 Å². The molecular formula is C39H24N2. The molecule has 41 heavy (non-hydrogen) atoms. The molecule has 0 radical (unpaired) electrons. The first kappa shape index (κ1) is 22.4. The van der Waals surface area contributed by atoms with E-state index >= 15 is 0 Å². The summed E-state index contributed by atoms with van der Waals surface area (Å²) in [5.74, 6) is 0. The zero-order valence-electron chi connectivity index (χ0n) is 22.3. The standard InChI is InChI=1S/C39H24N2/c1-2-13-27-26(12-1)30-18-9-21-36(41-34-19-7-5-14-28(34)29-15-6-8-20-35(29)41)37(30)31-16-3-4-17-32(31)38-33(27)23-22-25-11-10-24-40-39(25)38/h1-24H. The van der Waals surface area contributed by atoms with Crippen LogP contribution in [0.15, 0.2) is 146 Å². The van der Waals surface area contributed by atoms with E-state index in [1.54, 1.807) is 0 Å². The summed E-state index contributed by atoms with van der Waals surface area (Å²) in [6, 6.07) is 50.6. The molecule has 2 heterocycles. The molecule has 0 aliphatic heterocycles. The summed E-state index contributed by atoms with van der Waals surface area (Å²) in [5, 5.41) is 3.68. The Morgan fingerprint density at radius 3 is 1.66 bits per heavy atom. The van der Waals surface area contributed by atoms with Crippen molar-refractivity contribution in [3.63, 3.8) is 0 Å². The van der Waals surface area contributed by atoms with Crippen LogP contribution in [0.25, 0.3) is 82.9 Å². The van der Waals surface area contributed by atoms with E-state index < -0.39 is 0 Å². The number of fused-ring (bicyclic) bond motifs is 13. The fourth-order valence-corrected chi connectivity index (χ4v) is 6.93. The summed E-state index contributed by atoms with van der Waals surface area (Å²) in [6.45, 7) is 0. The van der Waals surface area contributed by atoms with Crippen LogP contribution in [0.2, 0.25) is 0 Å². The second-order valence-corrected chi connectivity index (χ2v) is 10.7. The highest BCUT2D eigenvalue weighted by molar-refractivity contribution is 6.13. The minimum absolute atomic E-state index is 1.03. The van der Waals surface area contributed by atoms with Gasteiger partial charge in [-0.3, -0.25) is 4.98 Å². The molecule has 1 aliphatic carbocycles. The SMILES string of the molecule is c1ccc2c(c1)-c1cccc(-n3c4ccccc4c4ccccc43)c1-c1ccccc1-c1c-2ccc2cccnc12. The third-order valence-electron chi connectivity index (χ3n) is 8.61. The lowest BCUT2D eigenvalue weighted by Gasteiger charge is -2.26. The zero-order chi connectivity index (χ0) is 26.9. The van der Waals surface area contributed by atoms with Gasteiger partial charge in [0.05, 0.1) is 22.2 Å². The van der Waals surface area contributed by atoms with Crippen LogP contribution in [0, 0.1) is 0 Å². The number of hydrogen-bond donors (Lipinski definition) is 0. The molecule has 0 saturated heterocycles. The largest absolute Gasteiger partial charge is 0.309 e. The van der Waals surface area contributed by atoms with E-state index in [0.29, 0.717) is 0 Å². The van der Waals surface area contributed by atoms with Gasteiger partial charge in [0.25, 0.3) is 0 Å². The Morgan fingerprint density at radius 1 is 0.390 bits per heavy atom. The number of aromatic nitrogens is 2. The van der Waals surface area contributed by atoms with Crippen LogP contribution in [0.4, 0.5) is 0 Å². The third-order valence-corrected chi connectivity index (χ3v) is 8.61. The molecule has 0 saturated carbocycles. The predicted octanol–water partition coefficient (Wildman–Crippen LogP) is 10.3. The van der Waals surface area contributed by atoms with E-state index in [1.165, 1.54) is 72.0 Å². The molecular weight excluding hydrogens is 496 g/mol. The molecule has 9 rings (SSSR count). The Labute approximate surface area is 237 Å². The first-order valence-electron chi connectivity index (χ1n) is 14.1. The minimum atomic E-state index is 1.03. The Morgan fingerprint density at radius 2 is 0.951 bits per heavy atom. The maximum Gasteiger partial charge on any atom is 0.0786 e. The van der Waals surface area contributed by atoms with Crippen molar-refractivity contribution in [2.75, 3.05) is 0 Å². The smallest absolute Gasteiger partial charge is 0.0786 e. The van der Waals surface area contributed by atoms with Crippen LogP contribution in [0.5, 0.6) is 0 Å². The average molecular weight is 521 g/mol. The molecule has 0 spiro atoms. The Hall–Kier alpha value is -5.47. The molecule has 0 fully saturated rings. The van der Waals surface area contributed by atoms with Gasteiger partial charge in [-0.25, -0.2) is 0 Å². The van der Waals surface area contributed by atoms with Crippen LogP contribution >= 0.6 is 0 Å². The van der Waals surface area contributed by atoms with Gasteiger partial charge in [0.15, 0.2) is 0 Å². The molecule has 0 bridgehead atoms. The van der Waals surface area contributed by atoms with Crippen LogP contribution < -0.4 is 0 Å². The van der Waals surface area contributed by atoms with Gasteiger partial charge in [0, 0.05) is 33.5 Å². The lowest BCUT2D eigenvalue weighted by Crippen LogP contribution is -2.03. The monoisotopic (exact) mass is 520 g/mol. The second-order valence-electron chi connectivity index (χ2n) is 10.7. The van der Waals surface area contributed by atoms with Crippen molar-refractivity contribution in [1.29, 1.82) is 0 Å². The first-order valence-corrected chi connectivity index (χ1v) is 14.1. The summed E-state index contributed by atoms with van der Waals surface area (Å²) in [4.78, 5) is 4.94. The van der Waals surface area contributed by atoms with Crippen molar-refractivity contribution in [2.24, 2.45) is 0 Å². The maximum atomic E-state index is 4.94. The van der Waals surface area contributed by atoms with E-state index in [0.717, 1.165) is 10.9 Å². The van der Waals surface area contributed by atoms with Gasteiger partial charge in [-0.1, -0.05) is 115 Å². The Balaban J connectivity index is 1.50. The summed E-state index contributed by atoms with van der Waals surface area (Å²) in [5.41, 5.74) is 14.4. The van der Waals surface area contributed by atoms with Crippen molar-refractivity contribution in [3.8, 4) is 50.2 Å². The quantitative estimate of drug-likeness (QED) is 0.210. The molecule has 1 aliphatic rings. The lowest BCUT2D eigenvalue weighted by atomic mass is 9.79. The van der Waals surface area contributed by atoms with Crippen LogP contribution in [0.1, 0.15) is 0 Å². The van der Waals surface area contributed by atoms with E-state index in [1.807, 2.05) is 12.3 Å². The van der Waals surface area contributed by atoms with Crippen molar-refractivity contribution in [3.05, 3.63) is 146 Å². The van der Waals surface area contributed by atoms with E-state index in [2.05, 4.69) is 138 Å². The molecule has 0 unspecified atom stereocenters. The number of hydrogen-bond acceptors (Lipinski definition) is 1. The van der Waals surface area contributed by atoms with Crippen LogP contribution in [-0.4, -0.2) is 9.55 Å². The molecule has 190 valence electrons. The average Bonchev–Trinajstić information content (AvgIpc) is 3.37. The fraction of sp³-hybridized carbons (Fsp3) is 0. The predicted molar refractivity (Wildman–Crippen MR) is 171 cm³/mol. The Kier molecular flexibility index (Phi) is 4.64. The van der Waals surface area contributed by atoms with Gasteiger partial charge in [0.2, 0.25) is 0 Å². The Bertz CT molecular complexity index is 2270. The van der Waals surface area contributed by atoms with Crippen molar-refractivity contribution in [2.45, 2.75) is 0 Å². The van der Waals surface area contributed by atoms with E-state index in [9.17, 15) is 0 Å². The first-order chi connectivity index (χ1) is 20.4. The highest BCUT2D eigenvalue weighted by Gasteiger charge is 2.26. The van der Waals surface area contributed by atoms with E-state index in [-0.39, 0.29) is 0 Å². The van der Waals surface area contributed by atoms with Gasteiger partial charge in [-0.2, -0.15) is 0 Å². The molecule has 0 N–H and O–H groups in total. The van der Waals surface area contributed by atoms with Crippen molar-refractivity contribution >= 4 is 32.7 Å². The summed E-state index contributed by atoms with van der Waals surface area (Å²) >= 11 is 0. The minimum Gasteiger partial charge on any atom is -0.309 e. The van der Waals surface area contributed by atoms with Crippen LogP contribution in [-0.2, 0) is 0 Å². The summed E-state index contributed by atoms with van der Waals surface area (Å²) < 4.78 is 2.45. The lowest BCUT2D eigenvalue weighted by molar-refractivity contribution is 1.18. The zero-order valence-corrected chi connectivity index (χ0v) is 22.3. The molecule has 2 heteroatoms. The molecule has 8 aromatic rings. The number of rotatable bonds is 1.